The molecule has 1 heterocycles. The Balaban J connectivity index is 2.39. The van der Waals surface area contributed by atoms with Crippen LogP contribution in [-0.4, -0.2) is 52.2 Å². The van der Waals surface area contributed by atoms with Crippen LogP contribution in [0.1, 0.15) is 6.42 Å². The smallest absolute Gasteiger partial charge is 0.396 e. The van der Waals surface area contributed by atoms with Crippen molar-refractivity contribution in [1.82, 2.24) is 14.7 Å². The lowest BCUT2D eigenvalue weighted by molar-refractivity contribution is -0.146. The summed E-state index contributed by atoms with van der Waals surface area (Å²) in [4.78, 5) is 1.28. The van der Waals surface area contributed by atoms with Crippen molar-refractivity contribution < 1.29 is 18.3 Å². The maximum Gasteiger partial charge on any atom is 0.401 e. The summed E-state index contributed by atoms with van der Waals surface area (Å²) in [7, 11) is 0. The number of aromatic nitrogens is 2. The van der Waals surface area contributed by atoms with E-state index in [9.17, 15) is 13.2 Å². The Morgan fingerprint density at radius 2 is 2.06 bits per heavy atom. The molecule has 0 aliphatic heterocycles. The van der Waals surface area contributed by atoms with Gasteiger partial charge in [-0.1, -0.05) is 0 Å². The van der Waals surface area contributed by atoms with E-state index in [0.717, 1.165) is 0 Å². The molecule has 0 aliphatic carbocycles. The number of nitrogens with zero attached hydrogens (tertiary/aromatic N) is 3. The summed E-state index contributed by atoms with van der Waals surface area (Å²) in [5.41, 5.74) is 0. The maximum absolute atomic E-state index is 12.3. The topological polar surface area (TPSA) is 41.3 Å². The summed E-state index contributed by atoms with van der Waals surface area (Å²) in [6, 6.07) is 1.72. The predicted molar refractivity (Wildman–Crippen MR) is 56.4 cm³/mol. The molecule has 1 aromatic rings. The molecule has 17 heavy (non-hydrogen) atoms. The van der Waals surface area contributed by atoms with Crippen LogP contribution in [0, 0.1) is 0 Å². The fourth-order valence-corrected chi connectivity index (χ4v) is 1.49. The second kappa shape index (κ2) is 6.61. The summed E-state index contributed by atoms with van der Waals surface area (Å²) in [5.74, 6) is 0. The highest BCUT2D eigenvalue weighted by Gasteiger charge is 2.30. The van der Waals surface area contributed by atoms with Gasteiger partial charge >= 0.3 is 6.18 Å². The fraction of sp³-hybridized carbons (Fsp3) is 0.700. The molecule has 0 aromatic carbocycles. The molecule has 1 aromatic heterocycles. The minimum absolute atomic E-state index is 0.101. The summed E-state index contributed by atoms with van der Waals surface area (Å²) in [5, 5.41) is 12.6. The Kier molecular flexibility index (Phi) is 5.43. The molecular weight excluding hydrogens is 235 g/mol. The summed E-state index contributed by atoms with van der Waals surface area (Å²) in [6.45, 7) is -0.141. The first-order chi connectivity index (χ1) is 8.01. The quantitative estimate of drug-likeness (QED) is 0.789. The van der Waals surface area contributed by atoms with Gasteiger partial charge in [0.15, 0.2) is 0 Å². The van der Waals surface area contributed by atoms with Gasteiger partial charge in [0, 0.05) is 32.1 Å². The Hall–Kier alpha value is -1.08. The van der Waals surface area contributed by atoms with Crippen molar-refractivity contribution in [3.63, 3.8) is 0 Å². The van der Waals surface area contributed by atoms with Gasteiger partial charge in [-0.25, -0.2) is 0 Å². The molecule has 0 atom stereocenters. The van der Waals surface area contributed by atoms with Crippen LogP contribution in [0.4, 0.5) is 13.2 Å². The van der Waals surface area contributed by atoms with E-state index in [-0.39, 0.29) is 19.7 Å². The second-order valence-corrected chi connectivity index (χ2v) is 3.74. The van der Waals surface area contributed by atoms with E-state index in [1.54, 1.807) is 23.1 Å². The number of aliphatic hydroxyl groups excluding tert-OH is 1. The number of aliphatic hydroxyl groups is 1. The van der Waals surface area contributed by atoms with Crippen LogP contribution >= 0.6 is 0 Å². The third-order valence-electron chi connectivity index (χ3n) is 2.24. The van der Waals surface area contributed by atoms with Crippen molar-refractivity contribution in [1.29, 1.82) is 0 Å². The van der Waals surface area contributed by atoms with Crippen LogP contribution in [0.3, 0.4) is 0 Å². The van der Waals surface area contributed by atoms with Gasteiger partial charge in [0.1, 0.15) is 0 Å². The van der Waals surface area contributed by atoms with Gasteiger partial charge < -0.3 is 5.11 Å². The first-order valence-electron chi connectivity index (χ1n) is 5.38. The zero-order valence-corrected chi connectivity index (χ0v) is 9.40. The van der Waals surface area contributed by atoms with Crippen LogP contribution in [0.5, 0.6) is 0 Å². The monoisotopic (exact) mass is 251 g/mol. The van der Waals surface area contributed by atoms with Crippen molar-refractivity contribution in [2.24, 2.45) is 0 Å². The van der Waals surface area contributed by atoms with Crippen molar-refractivity contribution in [2.75, 3.05) is 26.2 Å². The molecule has 1 N–H and O–H groups in total. The lowest BCUT2D eigenvalue weighted by Crippen LogP contribution is -2.37. The predicted octanol–water partition coefficient (Wildman–Crippen LogP) is 1.13. The van der Waals surface area contributed by atoms with E-state index in [4.69, 9.17) is 5.11 Å². The third-order valence-corrected chi connectivity index (χ3v) is 2.24. The zero-order chi connectivity index (χ0) is 12.7. The first-order valence-corrected chi connectivity index (χ1v) is 5.38. The summed E-state index contributed by atoms with van der Waals surface area (Å²) < 4.78 is 38.4. The summed E-state index contributed by atoms with van der Waals surface area (Å²) >= 11 is 0. The molecular formula is C10H16F3N3O. The molecule has 4 nitrogen and oxygen atoms in total. The average Bonchev–Trinajstić information content (AvgIpc) is 2.73. The average molecular weight is 251 g/mol. The largest absolute Gasteiger partial charge is 0.401 e. The second-order valence-electron chi connectivity index (χ2n) is 3.74. The fourth-order valence-electron chi connectivity index (χ4n) is 1.49. The van der Waals surface area contributed by atoms with Gasteiger partial charge in [-0.15, -0.1) is 0 Å². The Morgan fingerprint density at radius 1 is 1.29 bits per heavy atom. The van der Waals surface area contributed by atoms with Crippen LogP contribution in [0.25, 0.3) is 0 Å². The highest BCUT2D eigenvalue weighted by atomic mass is 19.4. The SMILES string of the molecule is OCCCN(CCn1cccn1)CC(F)(F)F. The number of halogens is 3. The molecule has 0 amide bonds. The number of hydrogen-bond donors (Lipinski definition) is 1. The lowest BCUT2D eigenvalue weighted by Gasteiger charge is -2.23. The number of rotatable bonds is 7. The summed E-state index contributed by atoms with van der Waals surface area (Å²) in [6.07, 6.45) is -0.575. The minimum Gasteiger partial charge on any atom is -0.396 e. The minimum atomic E-state index is -4.21. The van der Waals surface area contributed by atoms with E-state index >= 15 is 0 Å². The normalized spacial score (nSPS) is 12.3. The standard InChI is InChI=1S/C10H16F3N3O/c11-10(12,13)9-15(4-2-8-17)6-7-16-5-1-3-14-16/h1,3,5,17H,2,4,6-9H2. The van der Waals surface area contributed by atoms with Crippen molar-refractivity contribution in [3.8, 4) is 0 Å². The van der Waals surface area contributed by atoms with Gasteiger partial charge in [-0.2, -0.15) is 18.3 Å². The van der Waals surface area contributed by atoms with E-state index in [1.807, 2.05) is 0 Å². The molecule has 0 radical (unpaired) electrons. The van der Waals surface area contributed by atoms with E-state index in [2.05, 4.69) is 5.10 Å². The van der Waals surface area contributed by atoms with E-state index in [1.165, 1.54) is 4.90 Å². The van der Waals surface area contributed by atoms with Crippen LogP contribution in [0.15, 0.2) is 18.5 Å². The number of alkyl halides is 3. The van der Waals surface area contributed by atoms with Crippen LogP contribution < -0.4 is 0 Å². The molecule has 0 bridgehead atoms. The van der Waals surface area contributed by atoms with Crippen molar-refractivity contribution >= 4 is 0 Å². The van der Waals surface area contributed by atoms with Gasteiger partial charge in [-0.05, 0) is 12.5 Å². The Morgan fingerprint density at radius 3 is 2.59 bits per heavy atom. The first kappa shape index (κ1) is 14.0. The van der Waals surface area contributed by atoms with Gasteiger partial charge in [-0.3, -0.25) is 9.58 Å². The Bertz CT molecular complexity index is 300. The van der Waals surface area contributed by atoms with Gasteiger partial charge in [0.2, 0.25) is 0 Å². The third kappa shape index (κ3) is 6.28. The van der Waals surface area contributed by atoms with Crippen LogP contribution in [0.2, 0.25) is 0 Å². The maximum atomic E-state index is 12.3. The molecule has 0 fully saturated rings. The van der Waals surface area contributed by atoms with Gasteiger partial charge in [0.05, 0.1) is 13.1 Å². The molecule has 0 unspecified atom stereocenters. The zero-order valence-electron chi connectivity index (χ0n) is 9.40. The van der Waals surface area contributed by atoms with Crippen molar-refractivity contribution in [2.45, 2.75) is 19.1 Å². The lowest BCUT2D eigenvalue weighted by atomic mass is 10.3. The molecule has 0 saturated carbocycles. The molecule has 7 heteroatoms. The molecule has 0 saturated heterocycles. The molecule has 98 valence electrons. The molecule has 1 rings (SSSR count). The van der Waals surface area contributed by atoms with Crippen molar-refractivity contribution in [3.05, 3.63) is 18.5 Å². The number of hydrogen-bond acceptors (Lipinski definition) is 3. The molecule has 0 spiro atoms. The highest BCUT2D eigenvalue weighted by Crippen LogP contribution is 2.16. The van der Waals surface area contributed by atoms with E-state index in [0.29, 0.717) is 13.0 Å². The Labute approximate surface area is 97.6 Å². The molecule has 0 aliphatic rings. The van der Waals surface area contributed by atoms with Crippen LogP contribution in [-0.2, 0) is 6.54 Å². The van der Waals surface area contributed by atoms with Gasteiger partial charge in [0.25, 0.3) is 0 Å². The highest BCUT2D eigenvalue weighted by molar-refractivity contribution is 4.78. The van der Waals surface area contributed by atoms with E-state index < -0.39 is 12.7 Å².